The molecule has 5 rings (SSSR count). The highest BCUT2D eigenvalue weighted by atomic mass is 35.5. The first kappa shape index (κ1) is 26.1. The van der Waals surface area contributed by atoms with E-state index in [-0.39, 0.29) is 47.1 Å². The summed E-state index contributed by atoms with van der Waals surface area (Å²) in [6.45, 7) is 0.397. The number of hydrogen-bond acceptors (Lipinski definition) is 7. The lowest BCUT2D eigenvalue weighted by Gasteiger charge is -2.46. The molecule has 1 N–H and O–H groups in total. The number of sulfonamides is 1. The normalized spacial score (nSPS) is 22.8. The Labute approximate surface area is 219 Å². The molecule has 1 fully saturated rings. The number of halogens is 5. The van der Waals surface area contributed by atoms with E-state index in [1.807, 2.05) is 4.90 Å². The molecule has 3 heterocycles. The van der Waals surface area contributed by atoms with Gasteiger partial charge >= 0.3 is 6.18 Å². The van der Waals surface area contributed by atoms with Gasteiger partial charge in [-0.05, 0) is 43.1 Å². The molecule has 0 bridgehead atoms. The smallest absolute Gasteiger partial charge is 0.391 e. The molecule has 7 nitrogen and oxygen atoms in total. The Morgan fingerprint density at radius 1 is 1.14 bits per heavy atom. The van der Waals surface area contributed by atoms with Crippen molar-refractivity contribution in [3.05, 3.63) is 64.7 Å². The lowest BCUT2D eigenvalue weighted by Crippen LogP contribution is -2.44. The van der Waals surface area contributed by atoms with Gasteiger partial charge in [0.05, 0.1) is 22.4 Å². The largest absolute Gasteiger partial charge is 0.493 e. The third-order valence-corrected chi connectivity index (χ3v) is 9.06. The Hall–Kier alpha value is -2.48. The maximum absolute atomic E-state index is 13.8. The van der Waals surface area contributed by atoms with Crippen LogP contribution in [0.2, 0.25) is 5.02 Å². The fraction of sp³-hybridized carbons (Fsp3) is 0.391. The molecule has 1 aromatic heterocycles. The van der Waals surface area contributed by atoms with Gasteiger partial charge in [0.2, 0.25) is 5.13 Å². The van der Waals surface area contributed by atoms with Crippen LogP contribution in [0.5, 0.6) is 5.75 Å². The standard InChI is InChI=1S/C23H21ClF4N4O3S2/c24-17-9-13(1-4-18(17)25)20-10-14(23(26,27)28)5-7-32(20)19-6-8-35-21-11-15(2-3-16(19)21)37(33,34)31-22-29-12-30-36-22/h1-4,9,11-12,14,19-20H,5-8,10H2,(H,29,30,31)/t14-,19?,20+/m1/s1. The lowest BCUT2D eigenvalue weighted by molar-refractivity contribution is -0.192. The van der Waals surface area contributed by atoms with E-state index in [1.165, 1.54) is 30.6 Å². The molecule has 2 aliphatic heterocycles. The first-order valence-corrected chi connectivity index (χ1v) is 14.0. The van der Waals surface area contributed by atoms with Crippen LogP contribution in [0.25, 0.3) is 0 Å². The number of fused-ring (bicyclic) bond motifs is 1. The average Bonchev–Trinajstić information content (AvgIpc) is 3.36. The number of anilines is 1. The zero-order valence-electron chi connectivity index (χ0n) is 19.1. The summed E-state index contributed by atoms with van der Waals surface area (Å²) in [6, 6.07) is 7.45. The van der Waals surface area contributed by atoms with Crippen LogP contribution in [0.1, 0.15) is 42.5 Å². The average molecular weight is 577 g/mol. The predicted octanol–water partition coefficient (Wildman–Crippen LogP) is 5.97. The lowest BCUT2D eigenvalue weighted by atomic mass is 9.84. The van der Waals surface area contributed by atoms with E-state index in [0.29, 0.717) is 23.3 Å². The van der Waals surface area contributed by atoms with Crippen molar-refractivity contribution >= 4 is 38.3 Å². The molecule has 1 unspecified atom stereocenters. The third-order valence-electron chi connectivity index (χ3n) is 6.72. The maximum atomic E-state index is 13.8. The Balaban J connectivity index is 1.48. The molecule has 3 atom stereocenters. The summed E-state index contributed by atoms with van der Waals surface area (Å²) in [5.74, 6) is -1.81. The Morgan fingerprint density at radius 3 is 2.65 bits per heavy atom. The van der Waals surface area contributed by atoms with Gasteiger partial charge in [-0.1, -0.05) is 23.7 Å². The molecule has 37 heavy (non-hydrogen) atoms. The maximum Gasteiger partial charge on any atom is 0.391 e. The van der Waals surface area contributed by atoms with Gasteiger partial charge in [-0.25, -0.2) is 17.8 Å². The number of ether oxygens (including phenoxy) is 1. The van der Waals surface area contributed by atoms with E-state index in [9.17, 15) is 26.0 Å². The summed E-state index contributed by atoms with van der Waals surface area (Å²) in [6.07, 6.45) is -2.92. The Morgan fingerprint density at radius 2 is 1.95 bits per heavy atom. The van der Waals surface area contributed by atoms with Crippen LogP contribution in [-0.4, -0.2) is 42.0 Å². The van der Waals surface area contributed by atoms with Gasteiger partial charge < -0.3 is 4.74 Å². The fourth-order valence-electron chi connectivity index (χ4n) is 4.96. The number of aromatic nitrogens is 2. The Bertz CT molecular complexity index is 1390. The minimum atomic E-state index is -4.36. The number of hydrogen-bond donors (Lipinski definition) is 1. The van der Waals surface area contributed by atoms with Gasteiger partial charge in [0.1, 0.15) is 17.9 Å². The molecular formula is C23H21ClF4N4O3S2. The monoisotopic (exact) mass is 576 g/mol. The van der Waals surface area contributed by atoms with Gasteiger partial charge in [-0.15, -0.1) is 0 Å². The van der Waals surface area contributed by atoms with Crippen molar-refractivity contribution in [2.45, 2.75) is 42.4 Å². The molecule has 198 valence electrons. The van der Waals surface area contributed by atoms with E-state index in [4.69, 9.17) is 16.3 Å². The molecule has 14 heteroatoms. The van der Waals surface area contributed by atoms with E-state index in [0.717, 1.165) is 17.6 Å². The molecular weight excluding hydrogens is 556 g/mol. The van der Waals surface area contributed by atoms with Gasteiger partial charge in [-0.3, -0.25) is 9.62 Å². The highest BCUT2D eigenvalue weighted by Crippen LogP contribution is 2.48. The van der Waals surface area contributed by atoms with Crippen molar-refractivity contribution < 1.29 is 30.7 Å². The molecule has 0 saturated carbocycles. The molecule has 0 amide bonds. The van der Waals surface area contributed by atoms with Crippen LogP contribution < -0.4 is 9.46 Å². The SMILES string of the molecule is O=S(=O)(Nc1ncns1)c1ccc2c(c1)OCCC2N1CC[C@@H](C(F)(F)F)C[C@H]1c1ccc(F)c(Cl)c1. The first-order chi connectivity index (χ1) is 17.5. The van der Waals surface area contributed by atoms with Crippen molar-refractivity contribution in [1.29, 1.82) is 0 Å². The van der Waals surface area contributed by atoms with Crippen molar-refractivity contribution in [1.82, 2.24) is 14.3 Å². The van der Waals surface area contributed by atoms with Crippen molar-refractivity contribution in [2.75, 3.05) is 17.9 Å². The minimum absolute atomic E-state index is 0.0419. The van der Waals surface area contributed by atoms with Crippen molar-refractivity contribution in [3.8, 4) is 5.75 Å². The number of nitrogens with zero attached hydrogens (tertiary/aromatic N) is 3. The highest BCUT2D eigenvalue weighted by molar-refractivity contribution is 7.93. The van der Waals surface area contributed by atoms with Gasteiger partial charge in [-0.2, -0.15) is 17.5 Å². The molecule has 0 aliphatic carbocycles. The van der Waals surface area contributed by atoms with Crippen LogP contribution >= 0.6 is 23.1 Å². The summed E-state index contributed by atoms with van der Waals surface area (Å²) in [7, 11) is -3.96. The summed E-state index contributed by atoms with van der Waals surface area (Å²) in [5.41, 5.74) is 1.17. The van der Waals surface area contributed by atoms with E-state index < -0.39 is 34.0 Å². The molecule has 0 radical (unpaired) electrons. The summed E-state index contributed by atoms with van der Waals surface area (Å²) in [4.78, 5) is 5.74. The molecule has 1 saturated heterocycles. The second-order valence-electron chi connectivity index (χ2n) is 8.89. The van der Waals surface area contributed by atoms with E-state index >= 15 is 0 Å². The third kappa shape index (κ3) is 5.40. The Kier molecular flexibility index (Phi) is 7.07. The summed E-state index contributed by atoms with van der Waals surface area (Å²) in [5, 5.41) is -0.0402. The van der Waals surface area contributed by atoms with Crippen LogP contribution in [0.4, 0.5) is 22.7 Å². The van der Waals surface area contributed by atoms with Gasteiger partial charge in [0.25, 0.3) is 10.0 Å². The number of rotatable bonds is 5. The van der Waals surface area contributed by atoms with Crippen LogP contribution in [0.3, 0.4) is 0 Å². The zero-order valence-corrected chi connectivity index (χ0v) is 21.5. The van der Waals surface area contributed by atoms with Crippen LogP contribution in [0, 0.1) is 11.7 Å². The topological polar surface area (TPSA) is 84.4 Å². The van der Waals surface area contributed by atoms with E-state index in [2.05, 4.69) is 14.1 Å². The number of benzene rings is 2. The van der Waals surface area contributed by atoms with Gasteiger partial charge in [0, 0.05) is 41.7 Å². The number of nitrogens with one attached hydrogen (secondary N) is 1. The first-order valence-electron chi connectivity index (χ1n) is 11.4. The summed E-state index contributed by atoms with van der Waals surface area (Å²) >= 11 is 6.87. The molecule has 2 aliphatic rings. The van der Waals surface area contributed by atoms with Crippen LogP contribution in [-0.2, 0) is 10.0 Å². The van der Waals surface area contributed by atoms with Crippen LogP contribution in [0.15, 0.2) is 47.6 Å². The second-order valence-corrected chi connectivity index (χ2v) is 11.8. The quantitative estimate of drug-likeness (QED) is 0.377. The summed E-state index contributed by atoms with van der Waals surface area (Å²) < 4.78 is 92.4. The fourth-order valence-corrected chi connectivity index (χ4v) is 6.82. The second kappa shape index (κ2) is 10.0. The highest BCUT2D eigenvalue weighted by Gasteiger charge is 2.46. The molecule has 0 spiro atoms. The number of likely N-dealkylation sites (tertiary alicyclic amines) is 1. The van der Waals surface area contributed by atoms with E-state index in [1.54, 1.807) is 6.07 Å². The predicted molar refractivity (Wildman–Crippen MR) is 130 cm³/mol. The number of piperidine rings is 1. The van der Waals surface area contributed by atoms with Gasteiger partial charge in [0.15, 0.2) is 0 Å². The zero-order chi connectivity index (χ0) is 26.4. The van der Waals surface area contributed by atoms with Crippen molar-refractivity contribution in [2.24, 2.45) is 5.92 Å². The number of alkyl halides is 3. The molecule has 3 aromatic rings. The minimum Gasteiger partial charge on any atom is -0.493 e. The van der Waals surface area contributed by atoms with Crippen molar-refractivity contribution in [3.63, 3.8) is 0 Å². The molecule has 2 aromatic carbocycles.